The third-order valence-electron chi connectivity index (χ3n) is 6.61. The minimum absolute atomic E-state index is 0.0555. The quantitative estimate of drug-likeness (QED) is 0.275. The van der Waals surface area contributed by atoms with Crippen molar-refractivity contribution in [1.82, 2.24) is 0 Å². The lowest BCUT2D eigenvalue weighted by atomic mass is 9.76. The minimum atomic E-state index is -0.363. The lowest BCUT2D eigenvalue weighted by molar-refractivity contribution is -0.385. The van der Waals surface area contributed by atoms with Crippen molar-refractivity contribution in [2.45, 2.75) is 31.9 Å². The predicted molar refractivity (Wildman–Crippen MR) is 128 cm³/mol. The molecular weight excluding hydrogens is 416 g/mol. The van der Waals surface area contributed by atoms with Crippen LogP contribution in [-0.2, 0) is 6.61 Å². The Morgan fingerprint density at radius 2 is 1.85 bits per heavy atom. The van der Waals surface area contributed by atoms with Gasteiger partial charge in [-0.3, -0.25) is 10.1 Å². The summed E-state index contributed by atoms with van der Waals surface area (Å²) in [5, 5.41) is 15.0. The molecule has 5 rings (SSSR count). The van der Waals surface area contributed by atoms with Crippen molar-refractivity contribution in [3.8, 4) is 11.5 Å². The monoisotopic (exact) mass is 442 g/mol. The predicted octanol–water partition coefficient (Wildman–Crippen LogP) is 6.32. The van der Waals surface area contributed by atoms with Crippen molar-refractivity contribution >= 4 is 11.4 Å². The normalized spacial score (nSPS) is 20.5. The smallest absolute Gasteiger partial charge is 0.273 e. The molecule has 168 valence electrons. The minimum Gasteiger partial charge on any atom is -0.494 e. The van der Waals surface area contributed by atoms with Crippen LogP contribution in [0.1, 0.15) is 40.6 Å². The van der Waals surface area contributed by atoms with Crippen molar-refractivity contribution in [3.63, 3.8) is 0 Å². The number of anilines is 1. The van der Waals surface area contributed by atoms with Crippen molar-refractivity contribution in [2.24, 2.45) is 5.92 Å². The molecule has 3 aromatic carbocycles. The van der Waals surface area contributed by atoms with Gasteiger partial charge < -0.3 is 14.8 Å². The van der Waals surface area contributed by atoms with E-state index in [1.54, 1.807) is 13.2 Å². The number of ether oxygens (including phenoxy) is 2. The number of nitrogens with one attached hydrogen (secondary N) is 1. The molecule has 6 heteroatoms. The Balaban J connectivity index is 1.39. The van der Waals surface area contributed by atoms with E-state index in [9.17, 15) is 10.1 Å². The Morgan fingerprint density at radius 3 is 2.55 bits per heavy atom. The summed E-state index contributed by atoms with van der Waals surface area (Å²) >= 11 is 0. The largest absolute Gasteiger partial charge is 0.494 e. The molecule has 3 aromatic rings. The fourth-order valence-electron chi connectivity index (χ4n) is 4.87. The highest BCUT2D eigenvalue weighted by molar-refractivity contribution is 5.71. The van der Waals surface area contributed by atoms with Gasteiger partial charge in [-0.15, -0.1) is 0 Å². The van der Waals surface area contributed by atoms with Gasteiger partial charge in [0.2, 0.25) is 0 Å². The van der Waals surface area contributed by atoms with Gasteiger partial charge in [0.15, 0.2) is 0 Å². The van der Waals surface area contributed by atoms with E-state index < -0.39 is 0 Å². The standard InChI is InChI=1S/C27H26N2O4/c1-17-6-8-18(9-7-17)16-33-21-12-10-19(11-13-21)26-23-5-3-4-22(23)24-14-20(29(30)31)15-25(32-2)27(24)28-26/h3-4,6-15,22-23,26,28H,5,16H2,1-2H3/t22-,23+,26-/m0/s1. The average Bonchev–Trinajstić information content (AvgIpc) is 3.33. The number of hydrogen-bond acceptors (Lipinski definition) is 5. The Labute approximate surface area is 193 Å². The highest BCUT2D eigenvalue weighted by Gasteiger charge is 2.40. The highest BCUT2D eigenvalue weighted by Crippen LogP contribution is 2.53. The molecule has 3 atom stereocenters. The number of nitrogens with zero attached hydrogens (tertiary/aromatic N) is 1. The van der Waals surface area contributed by atoms with Gasteiger partial charge in [-0.1, -0.05) is 54.1 Å². The summed E-state index contributed by atoms with van der Waals surface area (Å²) in [5.41, 5.74) is 5.34. The second-order valence-electron chi connectivity index (χ2n) is 8.69. The van der Waals surface area contributed by atoms with Crippen molar-refractivity contribution in [3.05, 3.63) is 105 Å². The van der Waals surface area contributed by atoms with E-state index in [0.29, 0.717) is 12.4 Å². The first kappa shape index (κ1) is 21.1. The molecule has 1 heterocycles. The number of rotatable bonds is 6. The van der Waals surface area contributed by atoms with Gasteiger partial charge in [0.1, 0.15) is 18.1 Å². The van der Waals surface area contributed by atoms with Crippen LogP contribution in [0.15, 0.2) is 72.8 Å². The summed E-state index contributed by atoms with van der Waals surface area (Å²) in [6.45, 7) is 2.60. The van der Waals surface area contributed by atoms with Gasteiger partial charge in [0, 0.05) is 12.0 Å². The first-order chi connectivity index (χ1) is 16.0. The van der Waals surface area contributed by atoms with Crippen LogP contribution in [0.25, 0.3) is 0 Å². The van der Waals surface area contributed by atoms with Crippen LogP contribution in [0.5, 0.6) is 11.5 Å². The molecule has 0 saturated carbocycles. The van der Waals surface area contributed by atoms with Gasteiger partial charge in [0.25, 0.3) is 5.69 Å². The van der Waals surface area contributed by atoms with Crippen LogP contribution in [0.3, 0.4) is 0 Å². The molecule has 0 spiro atoms. The third-order valence-corrected chi connectivity index (χ3v) is 6.61. The SMILES string of the molecule is COc1cc([N+](=O)[O-])cc2c1N[C@@H](c1ccc(OCc3ccc(C)cc3)cc1)[C@@H]1CC=C[C@H]21. The van der Waals surface area contributed by atoms with Crippen LogP contribution in [0.4, 0.5) is 11.4 Å². The number of methoxy groups -OCH3 is 1. The number of benzene rings is 3. The summed E-state index contributed by atoms with van der Waals surface area (Å²) in [4.78, 5) is 11.1. The van der Waals surface area contributed by atoms with Crippen molar-refractivity contribution < 1.29 is 14.4 Å². The highest BCUT2D eigenvalue weighted by atomic mass is 16.6. The first-order valence-electron chi connectivity index (χ1n) is 11.1. The van der Waals surface area contributed by atoms with Crippen molar-refractivity contribution in [1.29, 1.82) is 0 Å². The Hall–Kier alpha value is -3.80. The molecule has 1 N–H and O–H groups in total. The summed E-state index contributed by atoms with van der Waals surface area (Å²) in [5.74, 6) is 1.71. The maximum atomic E-state index is 11.4. The lowest BCUT2D eigenvalue weighted by Gasteiger charge is -2.38. The van der Waals surface area contributed by atoms with Gasteiger partial charge >= 0.3 is 0 Å². The van der Waals surface area contributed by atoms with Crippen LogP contribution in [0.2, 0.25) is 0 Å². The number of aryl methyl sites for hydroxylation is 1. The molecule has 1 aliphatic carbocycles. The zero-order chi connectivity index (χ0) is 22.9. The fraction of sp³-hybridized carbons (Fsp3) is 0.259. The van der Waals surface area contributed by atoms with Crippen LogP contribution >= 0.6 is 0 Å². The topological polar surface area (TPSA) is 73.6 Å². The molecule has 6 nitrogen and oxygen atoms in total. The maximum Gasteiger partial charge on any atom is 0.273 e. The van der Waals surface area contributed by atoms with E-state index in [2.05, 4.69) is 60.8 Å². The molecule has 0 aromatic heterocycles. The maximum absolute atomic E-state index is 11.4. The lowest BCUT2D eigenvalue weighted by Crippen LogP contribution is -2.29. The molecule has 0 bridgehead atoms. The van der Waals surface area contributed by atoms with E-state index in [-0.39, 0.29) is 28.5 Å². The molecule has 33 heavy (non-hydrogen) atoms. The average molecular weight is 443 g/mol. The molecule has 0 fully saturated rings. The van der Waals surface area contributed by atoms with Crippen LogP contribution in [0, 0.1) is 23.0 Å². The number of allylic oxidation sites excluding steroid dienone is 2. The van der Waals surface area contributed by atoms with Gasteiger partial charge in [-0.25, -0.2) is 0 Å². The van der Waals surface area contributed by atoms with Gasteiger partial charge in [-0.05, 0) is 48.1 Å². The Morgan fingerprint density at radius 1 is 1.09 bits per heavy atom. The van der Waals surface area contributed by atoms with Gasteiger partial charge in [0.05, 0.1) is 29.8 Å². The molecular formula is C27H26N2O4. The number of nitro benzene ring substituents is 1. The summed E-state index contributed by atoms with van der Waals surface area (Å²) in [6, 6.07) is 19.8. The number of hydrogen-bond donors (Lipinski definition) is 1. The third kappa shape index (κ3) is 4.04. The van der Waals surface area contributed by atoms with E-state index >= 15 is 0 Å². The zero-order valence-corrected chi connectivity index (χ0v) is 18.7. The second kappa shape index (κ2) is 8.62. The Bertz CT molecular complexity index is 1200. The summed E-state index contributed by atoms with van der Waals surface area (Å²) in [7, 11) is 1.55. The number of non-ortho nitro benzene ring substituents is 1. The second-order valence-corrected chi connectivity index (χ2v) is 8.69. The van der Waals surface area contributed by atoms with E-state index in [1.165, 1.54) is 11.6 Å². The molecule has 2 aliphatic rings. The number of nitro groups is 1. The van der Waals surface area contributed by atoms with Gasteiger partial charge in [-0.2, -0.15) is 0 Å². The molecule has 0 radical (unpaired) electrons. The first-order valence-corrected chi connectivity index (χ1v) is 11.1. The number of fused-ring (bicyclic) bond motifs is 3. The molecule has 0 amide bonds. The zero-order valence-electron chi connectivity index (χ0n) is 18.7. The van der Waals surface area contributed by atoms with E-state index in [1.807, 2.05) is 12.1 Å². The van der Waals surface area contributed by atoms with Crippen LogP contribution in [-0.4, -0.2) is 12.0 Å². The Kier molecular flexibility index (Phi) is 5.50. The van der Waals surface area contributed by atoms with Crippen molar-refractivity contribution in [2.75, 3.05) is 12.4 Å². The van der Waals surface area contributed by atoms with Crippen LogP contribution < -0.4 is 14.8 Å². The van der Waals surface area contributed by atoms with E-state index in [4.69, 9.17) is 9.47 Å². The summed E-state index contributed by atoms with van der Waals surface area (Å²) in [6.07, 6.45) is 5.25. The summed E-state index contributed by atoms with van der Waals surface area (Å²) < 4.78 is 11.5. The van der Waals surface area contributed by atoms with E-state index in [0.717, 1.165) is 34.5 Å². The molecule has 0 saturated heterocycles. The fourth-order valence-corrected chi connectivity index (χ4v) is 4.87. The molecule has 0 unspecified atom stereocenters. The molecule has 1 aliphatic heterocycles.